The minimum Gasteiger partial charge on any atom is -0.459 e. The SMILES string of the molecule is Cc1cn(C2COC(COC(=O)[C@H](C)N)O2)c(=O)[nH]c1=O. The number of carbonyl (C=O) groups is 1. The van der Waals surface area contributed by atoms with E-state index >= 15 is 0 Å². The van der Waals surface area contributed by atoms with E-state index in [1.165, 1.54) is 17.7 Å². The molecule has 9 heteroatoms. The van der Waals surface area contributed by atoms with Crippen molar-refractivity contribution >= 4 is 5.97 Å². The Balaban J connectivity index is 2.00. The zero-order chi connectivity index (χ0) is 15.6. The number of H-pyrrole nitrogens is 1. The Hall–Kier alpha value is -1.97. The zero-order valence-electron chi connectivity index (χ0n) is 11.7. The van der Waals surface area contributed by atoms with Crippen LogP contribution in [0.25, 0.3) is 0 Å². The van der Waals surface area contributed by atoms with E-state index in [4.69, 9.17) is 19.9 Å². The minimum atomic E-state index is -0.781. The Kier molecular flexibility index (Phi) is 4.56. The molecule has 0 amide bonds. The molecule has 116 valence electrons. The first-order valence-electron chi connectivity index (χ1n) is 6.40. The lowest BCUT2D eigenvalue weighted by Gasteiger charge is -2.14. The first-order valence-corrected chi connectivity index (χ1v) is 6.40. The number of aromatic nitrogens is 2. The number of ether oxygens (including phenoxy) is 3. The van der Waals surface area contributed by atoms with Crippen LogP contribution < -0.4 is 17.0 Å². The molecule has 1 fully saturated rings. The summed E-state index contributed by atoms with van der Waals surface area (Å²) in [6.45, 7) is 3.07. The maximum absolute atomic E-state index is 11.7. The summed E-state index contributed by atoms with van der Waals surface area (Å²) in [4.78, 5) is 36.4. The summed E-state index contributed by atoms with van der Waals surface area (Å²) >= 11 is 0. The van der Waals surface area contributed by atoms with Gasteiger partial charge in [-0.1, -0.05) is 0 Å². The molecular formula is C12H17N3O6. The summed E-state index contributed by atoms with van der Waals surface area (Å²) in [5.74, 6) is -0.567. The number of esters is 1. The van der Waals surface area contributed by atoms with Gasteiger partial charge in [-0.15, -0.1) is 0 Å². The summed E-state index contributed by atoms with van der Waals surface area (Å²) in [7, 11) is 0. The smallest absolute Gasteiger partial charge is 0.330 e. The van der Waals surface area contributed by atoms with Crippen LogP contribution in [0.1, 0.15) is 18.7 Å². The predicted molar refractivity (Wildman–Crippen MR) is 70.5 cm³/mol. The van der Waals surface area contributed by atoms with Gasteiger partial charge < -0.3 is 19.9 Å². The van der Waals surface area contributed by atoms with Gasteiger partial charge in [0.2, 0.25) is 0 Å². The third-order valence-electron chi connectivity index (χ3n) is 2.92. The fourth-order valence-corrected chi connectivity index (χ4v) is 1.76. The van der Waals surface area contributed by atoms with Crippen molar-refractivity contribution in [2.24, 2.45) is 5.73 Å². The summed E-state index contributed by atoms with van der Waals surface area (Å²) in [6, 6.07) is -0.730. The Labute approximate surface area is 119 Å². The molecule has 0 radical (unpaired) electrons. The van der Waals surface area contributed by atoms with Gasteiger partial charge in [0.1, 0.15) is 12.6 Å². The topological polar surface area (TPSA) is 126 Å². The Morgan fingerprint density at radius 1 is 1.62 bits per heavy atom. The average Bonchev–Trinajstić information content (AvgIpc) is 2.88. The second kappa shape index (κ2) is 6.20. The molecule has 1 aliphatic rings. The highest BCUT2D eigenvalue weighted by atomic mass is 16.7. The molecule has 2 rings (SSSR count). The fraction of sp³-hybridized carbons (Fsp3) is 0.583. The lowest BCUT2D eigenvalue weighted by Crippen LogP contribution is -2.34. The third kappa shape index (κ3) is 3.57. The normalized spacial score (nSPS) is 23.0. The van der Waals surface area contributed by atoms with Crippen LogP contribution in [0.5, 0.6) is 0 Å². The van der Waals surface area contributed by atoms with Crippen molar-refractivity contribution in [2.75, 3.05) is 13.2 Å². The van der Waals surface area contributed by atoms with Crippen molar-refractivity contribution in [3.8, 4) is 0 Å². The number of nitrogens with one attached hydrogen (secondary N) is 1. The van der Waals surface area contributed by atoms with Crippen LogP contribution >= 0.6 is 0 Å². The van der Waals surface area contributed by atoms with Crippen molar-refractivity contribution in [2.45, 2.75) is 32.4 Å². The summed E-state index contributed by atoms with van der Waals surface area (Å²) < 4.78 is 16.8. The molecule has 21 heavy (non-hydrogen) atoms. The highest BCUT2D eigenvalue weighted by Crippen LogP contribution is 2.19. The van der Waals surface area contributed by atoms with E-state index in [-0.39, 0.29) is 13.2 Å². The zero-order valence-corrected chi connectivity index (χ0v) is 11.7. The number of nitrogens with two attached hydrogens (primary N) is 1. The molecule has 9 nitrogen and oxygen atoms in total. The van der Waals surface area contributed by atoms with E-state index in [1.807, 2.05) is 0 Å². The molecule has 2 unspecified atom stereocenters. The van der Waals surface area contributed by atoms with Crippen molar-refractivity contribution < 1.29 is 19.0 Å². The van der Waals surface area contributed by atoms with Crippen molar-refractivity contribution in [1.29, 1.82) is 0 Å². The fourth-order valence-electron chi connectivity index (χ4n) is 1.76. The van der Waals surface area contributed by atoms with Gasteiger partial charge in [0, 0.05) is 11.8 Å². The Morgan fingerprint density at radius 3 is 3.00 bits per heavy atom. The van der Waals surface area contributed by atoms with Crippen LogP contribution in [0.3, 0.4) is 0 Å². The number of nitrogens with zero attached hydrogens (tertiary/aromatic N) is 1. The molecule has 3 N–H and O–H groups in total. The standard InChI is InChI=1S/C12H17N3O6/c1-6-3-15(12(18)14-10(6)16)8-4-19-9(21-8)5-20-11(17)7(2)13/h3,7-9H,4-5,13H2,1-2H3,(H,14,16,18)/t7-,8?,9?/m0/s1. The second-order valence-electron chi connectivity index (χ2n) is 4.75. The van der Waals surface area contributed by atoms with Crippen LogP contribution in [0.4, 0.5) is 0 Å². The van der Waals surface area contributed by atoms with E-state index in [0.717, 1.165) is 0 Å². The Bertz CT molecular complexity index is 635. The molecule has 1 saturated heterocycles. The van der Waals surface area contributed by atoms with Gasteiger partial charge in [-0.05, 0) is 13.8 Å². The maximum Gasteiger partial charge on any atom is 0.330 e. The van der Waals surface area contributed by atoms with Crippen LogP contribution in [0.2, 0.25) is 0 Å². The molecule has 2 heterocycles. The van der Waals surface area contributed by atoms with Gasteiger partial charge in [0.25, 0.3) is 5.56 Å². The molecule has 0 aromatic carbocycles. The van der Waals surface area contributed by atoms with Crippen LogP contribution in [0.15, 0.2) is 15.8 Å². The molecule has 1 aliphatic heterocycles. The monoisotopic (exact) mass is 299 g/mol. The molecule has 0 saturated carbocycles. The first kappa shape index (κ1) is 15.4. The van der Waals surface area contributed by atoms with Crippen molar-refractivity contribution in [3.63, 3.8) is 0 Å². The summed E-state index contributed by atoms with van der Waals surface area (Å²) in [6.07, 6.45) is -0.0742. The Morgan fingerprint density at radius 2 is 2.33 bits per heavy atom. The van der Waals surface area contributed by atoms with E-state index in [2.05, 4.69) is 4.98 Å². The van der Waals surface area contributed by atoms with E-state index < -0.39 is 35.8 Å². The van der Waals surface area contributed by atoms with Gasteiger partial charge in [-0.2, -0.15) is 0 Å². The molecule has 3 atom stereocenters. The predicted octanol–water partition coefficient (Wildman–Crippen LogP) is -1.39. The second-order valence-corrected chi connectivity index (χ2v) is 4.75. The third-order valence-corrected chi connectivity index (χ3v) is 2.92. The van der Waals surface area contributed by atoms with Crippen molar-refractivity contribution in [1.82, 2.24) is 9.55 Å². The van der Waals surface area contributed by atoms with Gasteiger partial charge in [-0.3, -0.25) is 19.1 Å². The van der Waals surface area contributed by atoms with Gasteiger partial charge >= 0.3 is 11.7 Å². The number of aryl methyl sites for hydroxylation is 1. The van der Waals surface area contributed by atoms with Crippen molar-refractivity contribution in [3.05, 3.63) is 32.6 Å². The number of carbonyl (C=O) groups excluding carboxylic acids is 1. The first-order chi connectivity index (χ1) is 9.88. The van der Waals surface area contributed by atoms with Gasteiger partial charge in [-0.25, -0.2) is 4.79 Å². The maximum atomic E-state index is 11.7. The summed E-state index contributed by atoms with van der Waals surface area (Å²) in [5, 5.41) is 0. The van der Waals surface area contributed by atoms with Gasteiger partial charge in [0.15, 0.2) is 12.5 Å². The number of hydrogen-bond donors (Lipinski definition) is 2. The lowest BCUT2D eigenvalue weighted by molar-refractivity contribution is -0.160. The highest BCUT2D eigenvalue weighted by molar-refractivity contribution is 5.74. The molecule has 0 spiro atoms. The number of hydrogen-bond acceptors (Lipinski definition) is 7. The summed E-state index contributed by atoms with van der Waals surface area (Å²) in [5.41, 5.74) is 4.70. The molecule has 1 aromatic heterocycles. The van der Waals surface area contributed by atoms with E-state index in [1.54, 1.807) is 6.92 Å². The molecule has 0 bridgehead atoms. The number of aromatic amines is 1. The van der Waals surface area contributed by atoms with Crippen LogP contribution in [-0.2, 0) is 19.0 Å². The van der Waals surface area contributed by atoms with Gasteiger partial charge in [0.05, 0.1) is 6.61 Å². The van der Waals surface area contributed by atoms with E-state index in [9.17, 15) is 14.4 Å². The van der Waals surface area contributed by atoms with E-state index in [0.29, 0.717) is 5.56 Å². The van der Waals surface area contributed by atoms with Crippen LogP contribution in [-0.4, -0.2) is 41.1 Å². The molecular weight excluding hydrogens is 282 g/mol. The quantitative estimate of drug-likeness (QED) is 0.655. The highest BCUT2D eigenvalue weighted by Gasteiger charge is 2.29. The number of rotatable bonds is 4. The molecule has 0 aliphatic carbocycles. The lowest BCUT2D eigenvalue weighted by atomic mass is 10.4. The van der Waals surface area contributed by atoms with Crippen LogP contribution in [0, 0.1) is 6.92 Å². The molecule has 1 aromatic rings. The largest absolute Gasteiger partial charge is 0.459 e. The minimum absolute atomic E-state index is 0.103. The average molecular weight is 299 g/mol.